The van der Waals surface area contributed by atoms with Gasteiger partial charge < -0.3 is 14.8 Å². The Bertz CT molecular complexity index is 1210. The Hall–Kier alpha value is -1.75. The van der Waals surface area contributed by atoms with Gasteiger partial charge in [0.25, 0.3) is 0 Å². The number of amides is 1. The summed E-state index contributed by atoms with van der Waals surface area (Å²) in [6.45, 7) is 15.0. The minimum Gasteiger partial charge on any atom is -0.462 e. The van der Waals surface area contributed by atoms with Gasteiger partial charge in [-0.3, -0.25) is 14.4 Å². The van der Waals surface area contributed by atoms with E-state index in [1.807, 2.05) is 0 Å². The van der Waals surface area contributed by atoms with Gasteiger partial charge in [0.15, 0.2) is 0 Å². The van der Waals surface area contributed by atoms with Crippen molar-refractivity contribution >= 4 is 17.8 Å². The van der Waals surface area contributed by atoms with Crippen molar-refractivity contribution in [1.29, 1.82) is 0 Å². The van der Waals surface area contributed by atoms with Crippen LogP contribution in [0, 0.1) is 52.3 Å². The van der Waals surface area contributed by atoms with Crippen molar-refractivity contribution in [2.75, 3.05) is 6.54 Å². The summed E-state index contributed by atoms with van der Waals surface area (Å²) in [4.78, 5) is 62.6. The van der Waals surface area contributed by atoms with Crippen molar-refractivity contribution < 1.29 is 43.4 Å². The van der Waals surface area contributed by atoms with Gasteiger partial charge in [0, 0.05) is 63.8 Å². The number of hydrogen-bond donors (Lipinski definition) is 1. The van der Waals surface area contributed by atoms with Crippen molar-refractivity contribution in [2.24, 2.45) is 52.3 Å². The van der Waals surface area contributed by atoms with Crippen molar-refractivity contribution in [2.45, 2.75) is 169 Å². The van der Waals surface area contributed by atoms with Crippen LogP contribution in [0.4, 0.5) is 0 Å². The molecule has 1 heterocycles. The van der Waals surface area contributed by atoms with Gasteiger partial charge in [-0.1, -0.05) is 41.0 Å². The van der Waals surface area contributed by atoms with Crippen molar-refractivity contribution in [1.82, 2.24) is 5.32 Å². The molecule has 0 aromatic heterocycles. The summed E-state index contributed by atoms with van der Waals surface area (Å²) in [6.07, 6.45) is 11.9. The highest BCUT2D eigenvalue weighted by molar-refractivity contribution is 5.75. The van der Waals surface area contributed by atoms with E-state index in [2.05, 4.69) is 39.9 Å². The summed E-state index contributed by atoms with van der Waals surface area (Å²) >= 11 is 0. The molecule has 0 bridgehead atoms. The van der Waals surface area contributed by atoms with Gasteiger partial charge in [0.05, 0.1) is 0 Å². The van der Waals surface area contributed by atoms with Crippen LogP contribution in [0.15, 0.2) is 0 Å². The van der Waals surface area contributed by atoms with E-state index in [4.69, 9.17) is 29.0 Å². The van der Waals surface area contributed by atoms with E-state index >= 15 is 0 Å². The fourth-order valence-corrected chi connectivity index (χ4v) is 11.8. The Morgan fingerprint density at radius 1 is 0.837 bits per heavy atom. The standard InChI is InChI=1S/C39H63NO9/c1-8-20-40-34(43)13-10-24(3)29-11-12-30-35-31(22-33(37(29,30)7)45-26(5)42)36(6)18-19-39(23-28(36)21-32(35)44-25(4)41)48-46-38(47-49-39)16-14-27(9-2)15-17-38/h24,27-33,35H,8-23H2,1-7H3,(H,40,43)/t24-,27?,28-,29-,30+,31+,32-,33+,35+,36+,37-,38?,39?/m1/s1. The van der Waals surface area contributed by atoms with Gasteiger partial charge in [-0.2, -0.15) is 19.6 Å². The van der Waals surface area contributed by atoms with Crippen LogP contribution < -0.4 is 5.32 Å². The third-order valence-corrected chi connectivity index (χ3v) is 14.7. The first-order valence-corrected chi connectivity index (χ1v) is 19.6. The number of fused-ring (bicyclic) bond motifs is 5. The smallest absolute Gasteiger partial charge is 0.302 e. The third kappa shape index (κ3) is 6.94. The highest BCUT2D eigenvalue weighted by Gasteiger charge is 2.69. The molecule has 5 saturated carbocycles. The van der Waals surface area contributed by atoms with Gasteiger partial charge in [0.1, 0.15) is 12.2 Å². The van der Waals surface area contributed by atoms with Crippen LogP contribution in [0.5, 0.6) is 0 Å². The van der Waals surface area contributed by atoms with E-state index in [9.17, 15) is 14.4 Å². The first-order valence-electron chi connectivity index (χ1n) is 19.6. The second-order valence-corrected chi connectivity index (χ2v) is 17.3. The molecule has 278 valence electrons. The van der Waals surface area contributed by atoms with Gasteiger partial charge in [-0.05, 0) is 98.7 Å². The molecule has 1 N–H and O–H groups in total. The normalized spacial score (nSPS) is 45.1. The van der Waals surface area contributed by atoms with Gasteiger partial charge >= 0.3 is 11.9 Å². The lowest BCUT2D eigenvalue weighted by Gasteiger charge is -2.65. The van der Waals surface area contributed by atoms with Crippen LogP contribution in [-0.2, 0) is 43.4 Å². The summed E-state index contributed by atoms with van der Waals surface area (Å²) < 4.78 is 12.6. The molecule has 0 unspecified atom stereocenters. The average molecular weight is 690 g/mol. The largest absolute Gasteiger partial charge is 0.462 e. The molecular weight excluding hydrogens is 626 g/mol. The maximum Gasteiger partial charge on any atom is 0.302 e. The predicted molar refractivity (Wildman–Crippen MR) is 181 cm³/mol. The topological polar surface area (TPSA) is 119 Å². The Balaban J connectivity index is 1.23. The van der Waals surface area contributed by atoms with Crippen LogP contribution >= 0.6 is 0 Å². The lowest BCUT2D eigenvalue weighted by atomic mass is 9.42. The first-order chi connectivity index (χ1) is 23.3. The molecule has 1 saturated heterocycles. The van der Waals surface area contributed by atoms with E-state index in [0.29, 0.717) is 31.7 Å². The molecule has 0 radical (unpaired) electrons. The molecule has 0 aromatic rings. The molecule has 1 aliphatic heterocycles. The summed E-state index contributed by atoms with van der Waals surface area (Å²) in [6, 6.07) is 0. The summed E-state index contributed by atoms with van der Waals surface area (Å²) in [7, 11) is 0. The fourth-order valence-electron chi connectivity index (χ4n) is 11.8. The SMILES string of the molecule is CCCNC(=O)CC[C@@H](C)[C@H]1CC[C@H]2[C@@H]3[C@H](OC(C)=O)C[C@@H]4CC5(CC[C@]4(C)[C@H]3C[C@H](OC(C)=O)[C@]12C)OOC1(CCC(CC)CC1)OO5. The Morgan fingerprint density at radius 2 is 1.51 bits per heavy atom. The van der Waals surface area contributed by atoms with Crippen molar-refractivity contribution in [3.8, 4) is 0 Å². The lowest BCUT2D eigenvalue weighted by molar-refractivity contribution is -0.665. The number of ether oxygens (including phenoxy) is 2. The maximum absolute atomic E-state index is 12.7. The average Bonchev–Trinajstić information content (AvgIpc) is 3.43. The first kappa shape index (κ1) is 37.0. The summed E-state index contributed by atoms with van der Waals surface area (Å²) in [5, 5.41) is 3.02. The summed E-state index contributed by atoms with van der Waals surface area (Å²) in [5.74, 6) is -0.302. The molecule has 10 nitrogen and oxygen atoms in total. The van der Waals surface area contributed by atoms with Gasteiger partial charge in [-0.25, -0.2) is 0 Å². The molecule has 10 atom stereocenters. The highest BCUT2D eigenvalue weighted by Crippen LogP contribution is 2.70. The molecule has 5 aliphatic carbocycles. The van der Waals surface area contributed by atoms with E-state index in [-0.39, 0.29) is 76.4 Å². The molecule has 49 heavy (non-hydrogen) atoms. The number of rotatable bonds is 9. The number of esters is 2. The number of carbonyl (C=O) groups excluding carboxylic acids is 3. The predicted octanol–water partition coefficient (Wildman–Crippen LogP) is 7.57. The monoisotopic (exact) mass is 689 g/mol. The molecule has 0 aromatic carbocycles. The van der Waals surface area contributed by atoms with E-state index in [0.717, 1.165) is 77.0 Å². The second kappa shape index (κ2) is 14.3. The van der Waals surface area contributed by atoms with Crippen LogP contribution in [-0.4, -0.2) is 48.2 Å². The zero-order valence-corrected chi connectivity index (χ0v) is 31.2. The van der Waals surface area contributed by atoms with E-state index in [1.165, 1.54) is 13.8 Å². The molecule has 10 heteroatoms. The van der Waals surface area contributed by atoms with Crippen LogP contribution in [0.1, 0.15) is 145 Å². The van der Waals surface area contributed by atoms with Crippen LogP contribution in [0.3, 0.4) is 0 Å². The van der Waals surface area contributed by atoms with Crippen molar-refractivity contribution in [3.05, 3.63) is 0 Å². The van der Waals surface area contributed by atoms with Gasteiger partial charge in [-0.15, -0.1) is 0 Å². The Labute approximate surface area is 293 Å². The number of hydrogen-bond acceptors (Lipinski definition) is 9. The maximum atomic E-state index is 12.7. The zero-order chi connectivity index (χ0) is 35.2. The molecule has 6 aliphatic rings. The number of nitrogens with one attached hydrogen (secondary N) is 1. The number of carbonyl (C=O) groups is 3. The van der Waals surface area contributed by atoms with E-state index in [1.54, 1.807) is 0 Å². The van der Waals surface area contributed by atoms with Crippen LogP contribution in [0.2, 0.25) is 0 Å². The minimum absolute atomic E-state index is 0.102. The van der Waals surface area contributed by atoms with Crippen LogP contribution in [0.25, 0.3) is 0 Å². The Kier molecular flexibility index (Phi) is 10.8. The molecule has 1 amide bonds. The molecule has 6 fully saturated rings. The fraction of sp³-hybridized carbons (Fsp3) is 0.923. The second-order valence-electron chi connectivity index (χ2n) is 17.3. The zero-order valence-electron chi connectivity index (χ0n) is 31.2. The Morgan fingerprint density at radius 3 is 2.14 bits per heavy atom. The quantitative estimate of drug-likeness (QED) is 0.193. The molecular formula is C39H63NO9. The minimum atomic E-state index is -1.000. The molecule has 6 rings (SSSR count). The van der Waals surface area contributed by atoms with Gasteiger partial charge in [0.2, 0.25) is 17.5 Å². The van der Waals surface area contributed by atoms with E-state index < -0.39 is 11.6 Å². The highest BCUT2D eigenvalue weighted by atomic mass is 17.4. The molecule has 2 spiro atoms. The summed E-state index contributed by atoms with van der Waals surface area (Å²) in [5.41, 5.74) is -0.388. The lowest BCUT2D eigenvalue weighted by Crippen LogP contribution is -2.65. The third-order valence-electron chi connectivity index (χ3n) is 14.7. The van der Waals surface area contributed by atoms with Crippen molar-refractivity contribution in [3.63, 3.8) is 0 Å².